The largest absolute Gasteiger partial charge is 0.480 e. The van der Waals surface area contributed by atoms with E-state index in [0.29, 0.717) is 0 Å². The highest BCUT2D eigenvalue weighted by molar-refractivity contribution is 7.89. The summed E-state index contributed by atoms with van der Waals surface area (Å²) in [5.74, 6) is -14.3. The van der Waals surface area contributed by atoms with Crippen LogP contribution in [0.5, 0.6) is 11.5 Å². The van der Waals surface area contributed by atoms with Crippen LogP contribution in [0, 0.1) is 29.1 Å². The molecule has 0 saturated carbocycles. The number of fused-ring (bicyclic) bond motifs is 1. The van der Waals surface area contributed by atoms with Crippen molar-refractivity contribution in [1.29, 1.82) is 0 Å². The average Bonchev–Trinajstić information content (AvgIpc) is 3.13. The van der Waals surface area contributed by atoms with E-state index in [2.05, 4.69) is 0 Å². The fourth-order valence-electron chi connectivity index (χ4n) is 2.63. The van der Waals surface area contributed by atoms with Crippen molar-refractivity contribution in [1.82, 2.24) is 4.31 Å². The number of carboxylic acids is 1. The number of ether oxygens (including phenoxy) is 2. The highest BCUT2D eigenvalue weighted by Gasteiger charge is 2.38. The maximum Gasteiger partial charge on any atom is 0.318 e. The Bertz CT molecular complexity index is 1130. The molecule has 7 nitrogen and oxygen atoms in total. The molecule has 2 aromatic carbocycles. The van der Waals surface area contributed by atoms with E-state index in [1.807, 2.05) is 0 Å². The highest BCUT2D eigenvalue weighted by atomic mass is 35.5. The Kier molecular flexibility index (Phi) is 5.80. The Hall–Kier alpha value is -2.64. The molecule has 162 valence electrons. The molecule has 0 bridgehead atoms. The fraction of sp³-hybridized carbons (Fsp3) is 0.188. The maximum absolute atomic E-state index is 14.0. The predicted octanol–water partition coefficient (Wildman–Crippen LogP) is 3.04. The Labute approximate surface area is 170 Å². The second kappa shape index (κ2) is 7.89. The van der Waals surface area contributed by atoms with E-state index in [1.54, 1.807) is 0 Å². The number of sulfonamides is 1. The van der Waals surface area contributed by atoms with Crippen LogP contribution in [0.2, 0.25) is 5.02 Å². The van der Waals surface area contributed by atoms with Crippen molar-refractivity contribution >= 4 is 27.6 Å². The summed E-state index contributed by atoms with van der Waals surface area (Å²) in [6.45, 7) is -2.39. The van der Waals surface area contributed by atoms with Gasteiger partial charge in [-0.2, -0.15) is 4.31 Å². The van der Waals surface area contributed by atoms with Crippen molar-refractivity contribution in [3.63, 3.8) is 0 Å². The van der Waals surface area contributed by atoms with Gasteiger partial charge in [0.15, 0.2) is 39.7 Å². The molecule has 0 unspecified atom stereocenters. The smallest absolute Gasteiger partial charge is 0.318 e. The monoisotopic (exact) mass is 473 g/mol. The lowest BCUT2D eigenvalue weighted by Gasteiger charge is -2.21. The molecule has 14 heteroatoms. The predicted molar refractivity (Wildman–Crippen MR) is 89.0 cm³/mol. The zero-order chi connectivity index (χ0) is 22.4. The van der Waals surface area contributed by atoms with Crippen LogP contribution in [0.15, 0.2) is 17.0 Å². The normalized spacial score (nSPS) is 13.2. The van der Waals surface area contributed by atoms with Gasteiger partial charge in [0.1, 0.15) is 6.54 Å². The Morgan fingerprint density at radius 3 is 2.17 bits per heavy atom. The van der Waals surface area contributed by atoms with Crippen molar-refractivity contribution in [2.45, 2.75) is 11.4 Å². The highest BCUT2D eigenvalue weighted by Crippen LogP contribution is 2.40. The third-order valence-electron chi connectivity index (χ3n) is 3.92. The first-order valence-electron chi connectivity index (χ1n) is 7.76. The van der Waals surface area contributed by atoms with Crippen LogP contribution in [0.4, 0.5) is 22.0 Å². The molecular weight excluding hydrogens is 465 g/mol. The summed E-state index contributed by atoms with van der Waals surface area (Å²) in [5, 5.41) is 8.96. The third kappa shape index (κ3) is 3.75. The molecular formula is C16H9ClF5NO6S. The van der Waals surface area contributed by atoms with Crippen molar-refractivity contribution in [2.24, 2.45) is 0 Å². The van der Waals surface area contributed by atoms with Crippen LogP contribution >= 0.6 is 11.6 Å². The van der Waals surface area contributed by atoms with Gasteiger partial charge in [-0.1, -0.05) is 11.6 Å². The van der Waals surface area contributed by atoms with E-state index >= 15 is 0 Å². The van der Waals surface area contributed by atoms with E-state index in [9.17, 15) is 35.2 Å². The lowest BCUT2D eigenvalue weighted by Crippen LogP contribution is -2.36. The van der Waals surface area contributed by atoms with E-state index in [1.165, 1.54) is 6.07 Å². The van der Waals surface area contributed by atoms with Crippen LogP contribution in [0.3, 0.4) is 0 Å². The molecule has 1 N–H and O–H groups in total. The molecule has 2 aromatic rings. The Balaban J connectivity index is 2.11. The molecule has 0 fully saturated rings. The summed E-state index contributed by atoms with van der Waals surface area (Å²) in [4.78, 5) is 8.94. The Morgan fingerprint density at radius 1 is 1.03 bits per heavy atom. The summed E-state index contributed by atoms with van der Waals surface area (Å²) < 4.78 is 104. The summed E-state index contributed by atoms with van der Waals surface area (Å²) >= 11 is 5.95. The number of hydrogen-bond donors (Lipinski definition) is 1. The van der Waals surface area contributed by atoms with Gasteiger partial charge in [-0.3, -0.25) is 4.79 Å². The molecule has 0 amide bonds. The number of rotatable bonds is 6. The van der Waals surface area contributed by atoms with Crippen LogP contribution in [-0.2, 0) is 21.4 Å². The van der Waals surface area contributed by atoms with E-state index in [0.717, 1.165) is 6.07 Å². The van der Waals surface area contributed by atoms with E-state index < -0.39 is 63.1 Å². The number of halogens is 6. The minimum absolute atomic E-state index is 0.00190. The van der Waals surface area contributed by atoms with Crippen LogP contribution < -0.4 is 9.47 Å². The Morgan fingerprint density at radius 2 is 1.60 bits per heavy atom. The van der Waals surface area contributed by atoms with Gasteiger partial charge < -0.3 is 14.6 Å². The van der Waals surface area contributed by atoms with Gasteiger partial charge in [0.2, 0.25) is 22.6 Å². The summed E-state index contributed by atoms with van der Waals surface area (Å²) in [7, 11) is -5.50. The van der Waals surface area contributed by atoms with Crippen molar-refractivity contribution in [3.05, 3.63) is 51.8 Å². The number of benzene rings is 2. The number of carbonyl (C=O) groups is 1. The molecule has 0 aromatic heterocycles. The maximum atomic E-state index is 14.0. The third-order valence-corrected chi connectivity index (χ3v) is 6.02. The molecule has 3 rings (SSSR count). The van der Waals surface area contributed by atoms with E-state index in [-0.39, 0.29) is 33.2 Å². The summed E-state index contributed by atoms with van der Waals surface area (Å²) in [6, 6.07) is 2.38. The number of nitrogens with zero attached hydrogens (tertiary/aromatic N) is 1. The number of carboxylic acid groups (broad SMARTS) is 1. The van der Waals surface area contributed by atoms with Crippen LogP contribution in [0.1, 0.15) is 5.56 Å². The molecule has 1 aliphatic rings. The molecule has 1 heterocycles. The minimum Gasteiger partial charge on any atom is -0.480 e. The van der Waals surface area contributed by atoms with Crippen molar-refractivity contribution < 1.29 is 49.7 Å². The van der Waals surface area contributed by atoms with Gasteiger partial charge in [-0.05, 0) is 17.7 Å². The standard InChI is InChI=1S/C16H9ClF5NO6S/c17-7-1-6(2-8-15(7)29-5-28-8)3-23(4-9(24)25)30(26,27)16-13(21)11(19)10(18)12(20)14(16)22/h1-2H,3-5H2,(H,24,25). The van der Waals surface area contributed by atoms with Gasteiger partial charge in [-0.15, -0.1) is 0 Å². The minimum atomic E-state index is -5.50. The SMILES string of the molecule is O=C(O)CN(Cc1cc(Cl)c2c(c1)OCO2)S(=O)(=O)c1c(F)c(F)c(F)c(F)c1F. The van der Waals surface area contributed by atoms with Gasteiger partial charge in [0.05, 0.1) is 5.02 Å². The first-order valence-corrected chi connectivity index (χ1v) is 9.58. The number of aliphatic carboxylic acids is 1. The van der Waals surface area contributed by atoms with Crippen LogP contribution in [-0.4, -0.2) is 37.1 Å². The zero-order valence-electron chi connectivity index (χ0n) is 14.4. The molecule has 0 saturated heterocycles. The van der Waals surface area contributed by atoms with E-state index in [4.69, 9.17) is 26.2 Å². The number of hydrogen-bond acceptors (Lipinski definition) is 5. The van der Waals surface area contributed by atoms with Crippen molar-refractivity contribution in [3.8, 4) is 11.5 Å². The van der Waals surface area contributed by atoms with Gasteiger partial charge in [-0.25, -0.2) is 30.4 Å². The molecule has 1 aliphatic heterocycles. The molecule has 0 spiro atoms. The quantitative estimate of drug-likeness (QED) is 0.394. The van der Waals surface area contributed by atoms with Crippen molar-refractivity contribution in [2.75, 3.05) is 13.3 Å². The second-order valence-corrected chi connectivity index (χ2v) is 8.16. The van der Waals surface area contributed by atoms with Crippen LogP contribution in [0.25, 0.3) is 0 Å². The topological polar surface area (TPSA) is 93.1 Å². The molecule has 0 aliphatic carbocycles. The summed E-state index contributed by atoms with van der Waals surface area (Å²) in [6.07, 6.45) is 0. The van der Waals surface area contributed by atoms with Gasteiger partial charge in [0.25, 0.3) is 0 Å². The fourth-order valence-corrected chi connectivity index (χ4v) is 4.41. The summed E-state index contributed by atoms with van der Waals surface area (Å²) in [5.41, 5.74) is -0.00190. The second-order valence-electron chi connectivity index (χ2n) is 5.88. The molecule has 0 radical (unpaired) electrons. The molecule has 30 heavy (non-hydrogen) atoms. The first-order chi connectivity index (χ1) is 13.9. The lowest BCUT2D eigenvalue weighted by atomic mass is 10.2. The van der Waals surface area contributed by atoms with Gasteiger partial charge in [0, 0.05) is 6.54 Å². The molecule has 0 atom stereocenters. The van der Waals surface area contributed by atoms with Gasteiger partial charge >= 0.3 is 5.97 Å². The zero-order valence-corrected chi connectivity index (χ0v) is 16.0. The first kappa shape index (κ1) is 22.1. The lowest BCUT2D eigenvalue weighted by molar-refractivity contribution is -0.137. The average molecular weight is 474 g/mol.